The summed E-state index contributed by atoms with van der Waals surface area (Å²) in [5.74, 6) is -0.128. The monoisotopic (exact) mass is 419 g/mol. The van der Waals surface area contributed by atoms with Crippen molar-refractivity contribution < 1.29 is 13.2 Å². The second-order valence-corrected chi connectivity index (χ2v) is 7.69. The van der Waals surface area contributed by atoms with Gasteiger partial charge < -0.3 is 0 Å². The van der Waals surface area contributed by atoms with Crippen molar-refractivity contribution in [1.82, 2.24) is 4.72 Å². The van der Waals surface area contributed by atoms with E-state index in [4.69, 9.17) is 0 Å². The summed E-state index contributed by atoms with van der Waals surface area (Å²) in [5, 5.41) is 0. The molecule has 1 aliphatic carbocycles. The van der Waals surface area contributed by atoms with Gasteiger partial charge >= 0.3 is 0 Å². The van der Waals surface area contributed by atoms with Gasteiger partial charge in [-0.1, -0.05) is 50.1 Å². The lowest BCUT2D eigenvalue weighted by Gasteiger charge is -2.20. The van der Waals surface area contributed by atoms with E-state index in [1.54, 1.807) is 25.1 Å². The zero-order chi connectivity index (χ0) is 14.9. The van der Waals surface area contributed by atoms with Crippen molar-refractivity contribution in [3.63, 3.8) is 0 Å². The van der Waals surface area contributed by atoms with Crippen molar-refractivity contribution in [3.05, 3.63) is 52.2 Å². The van der Waals surface area contributed by atoms with E-state index in [1.807, 2.05) is 0 Å². The Morgan fingerprint density at radius 1 is 1.20 bits per heavy atom. The first-order valence-electron chi connectivity index (χ1n) is 5.67. The first kappa shape index (κ1) is 15.5. The number of benzene rings is 1. The number of ketones is 1. The Morgan fingerprint density at radius 2 is 1.80 bits per heavy atom. The van der Waals surface area contributed by atoms with Crippen molar-refractivity contribution >= 4 is 47.7 Å². The summed E-state index contributed by atoms with van der Waals surface area (Å²) in [5.41, 5.74) is 0.951. The maximum Gasteiger partial charge on any atom is 0.261 e. The van der Waals surface area contributed by atoms with Gasteiger partial charge in [0, 0.05) is 4.48 Å². The summed E-state index contributed by atoms with van der Waals surface area (Å²) in [7, 11) is -3.68. The zero-order valence-electron chi connectivity index (χ0n) is 10.4. The van der Waals surface area contributed by atoms with Gasteiger partial charge in [0.1, 0.15) is 4.83 Å². The Balaban J connectivity index is 2.40. The minimum atomic E-state index is -3.68. The lowest BCUT2D eigenvalue weighted by molar-refractivity contribution is -0.113. The molecule has 0 heterocycles. The Labute approximate surface area is 134 Å². The van der Waals surface area contributed by atoms with E-state index in [1.165, 1.54) is 18.2 Å². The first-order valence-corrected chi connectivity index (χ1v) is 8.86. The van der Waals surface area contributed by atoms with Crippen molar-refractivity contribution in [2.75, 3.05) is 0 Å². The normalized spacial score (nSPS) is 19.9. The average Bonchev–Trinajstić information content (AvgIpc) is 2.42. The topological polar surface area (TPSA) is 63.2 Å². The summed E-state index contributed by atoms with van der Waals surface area (Å²) in [6.07, 6.45) is 1.41. The predicted molar refractivity (Wildman–Crippen MR) is 84.2 cm³/mol. The lowest BCUT2D eigenvalue weighted by atomic mass is 10.0. The molecule has 0 bridgehead atoms. The number of allylic oxidation sites excluding steroid dienone is 3. The van der Waals surface area contributed by atoms with Crippen LogP contribution in [0.3, 0.4) is 0 Å². The molecule has 0 aromatic heterocycles. The molecule has 1 N–H and O–H groups in total. The molecule has 0 saturated carbocycles. The standard InChI is InChI=1S/C13H11Br2NO3S/c1-8-7-10(17)11(14)12(15)13(8)16-20(18,19)9-5-3-2-4-6-9/h2-7,11,16H,1H3/t11-/m0/s1. The Hall–Kier alpha value is -0.920. The predicted octanol–water partition coefficient (Wildman–Crippen LogP) is 2.86. The van der Waals surface area contributed by atoms with Crippen LogP contribution in [0.1, 0.15) is 6.92 Å². The van der Waals surface area contributed by atoms with Crippen LogP contribution in [-0.2, 0) is 14.8 Å². The zero-order valence-corrected chi connectivity index (χ0v) is 14.4. The minimum absolute atomic E-state index is 0.128. The van der Waals surface area contributed by atoms with Crippen LogP contribution in [0.2, 0.25) is 0 Å². The highest BCUT2D eigenvalue weighted by atomic mass is 79.9. The second-order valence-electron chi connectivity index (χ2n) is 4.23. The average molecular weight is 421 g/mol. The lowest BCUT2D eigenvalue weighted by Crippen LogP contribution is -2.29. The molecule has 106 valence electrons. The molecule has 1 aliphatic rings. The Morgan fingerprint density at radius 3 is 2.40 bits per heavy atom. The molecular formula is C13H11Br2NO3S. The van der Waals surface area contributed by atoms with Crippen molar-refractivity contribution in [1.29, 1.82) is 0 Å². The summed E-state index contributed by atoms with van der Waals surface area (Å²) in [6, 6.07) is 8.06. The molecule has 1 atom stereocenters. The second kappa shape index (κ2) is 5.83. The number of rotatable bonds is 3. The number of nitrogens with one attached hydrogen (secondary N) is 1. The van der Waals surface area contributed by atoms with Gasteiger partial charge in [0.25, 0.3) is 10.0 Å². The third-order valence-electron chi connectivity index (χ3n) is 2.75. The summed E-state index contributed by atoms with van der Waals surface area (Å²) in [4.78, 5) is 11.2. The van der Waals surface area contributed by atoms with Gasteiger partial charge in [0.15, 0.2) is 5.78 Å². The van der Waals surface area contributed by atoms with Crippen molar-refractivity contribution in [2.24, 2.45) is 0 Å². The SMILES string of the molecule is CC1=CC(=O)[C@H](Br)C(Br)=C1NS(=O)(=O)c1ccccc1. The number of halogens is 2. The number of alkyl halides is 1. The van der Waals surface area contributed by atoms with Crippen molar-refractivity contribution in [2.45, 2.75) is 16.6 Å². The van der Waals surface area contributed by atoms with Gasteiger partial charge in [-0.25, -0.2) is 8.42 Å². The highest BCUT2D eigenvalue weighted by Gasteiger charge is 2.28. The van der Waals surface area contributed by atoms with Gasteiger partial charge in [0.05, 0.1) is 10.6 Å². The molecule has 0 fully saturated rings. The van der Waals surface area contributed by atoms with Gasteiger partial charge in [-0.3, -0.25) is 9.52 Å². The quantitative estimate of drug-likeness (QED) is 0.764. The highest BCUT2D eigenvalue weighted by molar-refractivity contribution is 9.14. The minimum Gasteiger partial charge on any atom is -0.293 e. The van der Waals surface area contributed by atoms with Gasteiger partial charge in [-0.05, 0) is 30.7 Å². The summed E-state index contributed by atoms with van der Waals surface area (Å²) >= 11 is 6.49. The van der Waals surface area contributed by atoms with Gasteiger partial charge in [-0.15, -0.1) is 0 Å². The number of carbonyl (C=O) groups is 1. The van der Waals surface area contributed by atoms with Gasteiger partial charge in [-0.2, -0.15) is 0 Å². The summed E-state index contributed by atoms with van der Waals surface area (Å²) < 4.78 is 27.6. The first-order chi connectivity index (χ1) is 9.33. The summed E-state index contributed by atoms with van der Waals surface area (Å²) in [6.45, 7) is 1.68. The molecule has 0 spiro atoms. The van der Waals surface area contributed by atoms with E-state index in [9.17, 15) is 13.2 Å². The van der Waals surface area contributed by atoms with E-state index in [2.05, 4.69) is 36.6 Å². The number of carbonyl (C=O) groups excluding carboxylic acids is 1. The van der Waals surface area contributed by atoms with Crippen LogP contribution < -0.4 is 4.72 Å². The molecule has 1 aromatic rings. The number of sulfonamides is 1. The van der Waals surface area contributed by atoms with Crippen LogP contribution in [0.5, 0.6) is 0 Å². The number of hydrogen-bond donors (Lipinski definition) is 1. The Kier molecular flexibility index (Phi) is 4.51. The van der Waals surface area contributed by atoms with E-state index in [0.717, 1.165) is 0 Å². The molecule has 2 rings (SSSR count). The third-order valence-corrected chi connectivity index (χ3v) is 6.50. The third kappa shape index (κ3) is 3.05. The molecule has 20 heavy (non-hydrogen) atoms. The Bertz CT molecular complexity index is 708. The fourth-order valence-electron chi connectivity index (χ4n) is 1.72. The fraction of sp³-hybridized carbons (Fsp3) is 0.154. The van der Waals surface area contributed by atoms with Crippen LogP contribution in [0.4, 0.5) is 0 Å². The molecule has 7 heteroatoms. The molecule has 1 aromatic carbocycles. The molecule has 0 saturated heterocycles. The van der Waals surface area contributed by atoms with E-state index in [0.29, 0.717) is 15.8 Å². The maximum atomic E-state index is 12.3. The smallest absolute Gasteiger partial charge is 0.261 e. The van der Waals surface area contributed by atoms with Crippen LogP contribution in [-0.4, -0.2) is 19.0 Å². The molecule has 0 aliphatic heterocycles. The largest absolute Gasteiger partial charge is 0.293 e. The van der Waals surface area contributed by atoms with Crippen LogP contribution in [0.15, 0.2) is 57.1 Å². The van der Waals surface area contributed by atoms with Gasteiger partial charge in [0.2, 0.25) is 0 Å². The molecular weight excluding hydrogens is 410 g/mol. The molecule has 4 nitrogen and oxygen atoms in total. The van der Waals surface area contributed by atoms with Crippen LogP contribution in [0.25, 0.3) is 0 Å². The fourth-order valence-corrected chi connectivity index (χ4v) is 4.02. The van der Waals surface area contributed by atoms with E-state index in [-0.39, 0.29) is 10.7 Å². The molecule has 0 radical (unpaired) electrons. The molecule has 0 unspecified atom stereocenters. The van der Waals surface area contributed by atoms with Crippen LogP contribution in [0, 0.1) is 0 Å². The van der Waals surface area contributed by atoms with Crippen molar-refractivity contribution in [3.8, 4) is 0 Å². The number of hydrogen-bond acceptors (Lipinski definition) is 3. The van der Waals surface area contributed by atoms with E-state index < -0.39 is 14.9 Å². The van der Waals surface area contributed by atoms with E-state index >= 15 is 0 Å². The van der Waals surface area contributed by atoms with Crippen LogP contribution >= 0.6 is 31.9 Å². The maximum absolute atomic E-state index is 12.3. The molecule has 0 amide bonds. The highest BCUT2D eigenvalue weighted by Crippen LogP contribution is 2.31.